The van der Waals surface area contributed by atoms with Gasteiger partial charge >= 0.3 is 6.18 Å². The summed E-state index contributed by atoms with van der Waals surface area (Å²) in [5.74, 6) is -0.702. The summed E-state index contributed by atoms with van der Waals surface area (Å²) in [5, 5.41) is 0. The average Bonchev–Trinajstić information content (AvgIpc) is 3.42. The highest BCUT2D eigenvalue weighted by Crippen LogP contribution is 2.33. The van der Waals surface area contributed by atoms with Crippen molar-refractivity contribution >= 4 is 17.2 Å². The van der Waals surface area contributed by atoms with Crippen LogP contribution in [-0.4, -0.2) is 54.3 Å². The van der Waals surface area contributed by atoms with Gasteiger partial charge in [0, 0.05) is 23.2 Å². The van der Waals surface area contributed by atoms with E-state index in [0.717, 1.165) is 29.9 Å². The predicted octanol–water partition coefficient (Wildman–Crippen LogP) is 5.51. The Morgan fingerprint density at radius 1 is 1.22 bits per heavy atom. The lowest BCUT2D eigenvalue weighted by atomic mass is 9.95. The zero-order valence-electron chi connectivity index (χ0n) is 22.0. The molecule has 0 unspecified atom stereocenters. The van der Waals surface area contributed by atoms with Crippen LogP contribution in [0.3, 0.4) is 0 Å². The number of hydrogen-bond donors (Lipinski definition) is 0. The van der Waals surface area contributed by atoms with Gasteiger partial charge in [0.15, 0.2) is 4.80 Å². The largest absolute Gasteiger partial charge is 0.491 e. The second kappa shape index (κ2) is 10.7. The van der Waals surface area contributed by atoms with Crippen LogP contribution < -0.4 is 9.54 Å². The van der Waals surface area contributed by atoms with Crippen molar-refractivity contribution in [1.82, 2.24) is 9.47 Å². The Kier molecular flexibility index (Phi) is 8.42. The lowest BCUT2D eigenvalue weighted by Gasteiger charge is -2.32. The van der Waals surface area contributed by atoms with Crippen molar-refractivity contribution in [2.45, 2.75) is 77.2 Å². The fourth-order valence-electron chi connectivity index (χ4n) is 3.48. The Bertz CT molecular complexity index is 1140. The van der Waals surface area contributed by atoms with E-state index < -0.39 is 23.2 Å². The first-order chi connectivity index (χ1) is 16.6. The minimum Gasteiger partial charge on any atom is -0.491 e. The van der Waals surface area contributed by atoms with Crippen LogP contribution in [0, 0.1) is 0 Å². The van der Waals surface area contributed by atoms with E-state index >= 15 is 0 Å². The Morgan fingerprint density at radius 2 is 1.92 bits per heavy atom. The van der Waals surface area contributed by atoms with Gasteiger partial charge in [-0.05, 0) is 64.4 Å². The van der Waals surface area contributed by atoms with Crippen molar-refractivity contribution in [3.05, 3.63) is 45.2 Å². The van der Waals surface area contributed by atoms with Crippen molar-refractivity contribution in [2.24, 2.45) is 4.99 Å². The maximum atomic E-state index is 13.5. The summed E-state index contributed by atoms with van der Waals surface area (Å²) in [5.41, 5.74) is -1.72. The van der Waals surface area contributed by atoms with Crippen LogP contribution in [0.5, 0.6) is 5.75 Å². The molecule has 1 aliphatic rings. The van der Waals surface area contributed by atoms with Gasteiger partial charge in [-0.25, -0.2) is 0 Å². The van der Waals surface area contributed by atoms with E-state index in [0.29, 0.717) is 18.0 Å². The SMILES string of the molecule is CN(C)C(C)(C)COc1ccc(C(F)(F)F)cc1C(=O)/N=c1\sc(C(C)(C)C)cn1C[C@H]1CCCO1. The number of alkyl halides is 3. The van der Waals surface area contributed by atoms with E-state index in [1.54, 1.807) is 0 Å². The first-order valence-electron chi connectivity index (χ1n) is 12.0. The smallest absolute Gasteiger partial charge is 0.416 e. The van der Waals surface area contributed by atoms with Crippen molar-refractivity contribution in [3.8, 4) is 5.75 Å². The van der Waals surface area contributed by atoms with Gasteiger partial charge < -0.3 is 18.9 Å². The van der Waals surface area contributed by atoms with Crippen LogP contribution >= 0.6 is 11.3 Å². The molecule has 200 valence electrons. The molecular weight excluding hydrogens is 491 g/mol. The van der Waals surface area contributed by atoms with Crippen LogP contribution in [0.2, 0.25) is 0 Å². The number of halogens is 3. The number of hydrogen-bond acceptors (Lipinski definition) is 5. The van der Waals surface area contributed by atoms with Gasteiger partial charge in [-0.3, -0.25) is 4.79 Å². The summed E-state index contributed by atoms with van der Waals surface area (Å²) in [4.78, 5) is 21.0. The van der Waals surface area contributed by atoms with Gasteiger partial charge in [0.1, 0.15) is 12.4 Å². The van der Waals surface area contributed by atoms with Crippen molar-refractivity contribution in [3.63, 3.8) is 0 Å². The Labute approximate surface area is 214 Å². The Hall–Kier alpha value is -2.17. The molecule has 6 nitrogen and oxygen atoms in total. The van der Waals surface area contributed by atoms with Crippen molar-refractivity contribution < 1.29 is 27.4 Å². The fourth-order valence-corrected chi connectivity index (χ4v) is 4.54. The van der Waals surface area contributed by atoms with Crippen LogP contribution in [0.15, 0.2) is 29.4 Å². The maximum Gasteiger partial charge on any atom is 0.416 e. The summed E-state index contributed by atoms with van der Waals surface area (Å²) in [6.45, 7) is 11.5. The van der Waals surface area contributed by atoms with Gasteiger partial charge in [-0.15, -0.1) is 11.3 Å². The highest BCUT2D eigenvalue weighted by atomic mass is 32.1. The van der Waals surface area contributed by atoms with Crippen LogP contribution in [0.1, 0.15) is 68.3 Å². The number of thiazole rings is 1. The van der Waals surface area contributed by atoms with Gasteiger partial charge in [0.05, 0.1) is 23.8 Å². The molecule has 1 amide bonds. The molecule has 0 saturated carbocycles. The zero-order chi connectivity index (χ0) is 26.9. The molecule has 1 aromatic carbocycles. The standard InChI is InChI=1S/C26H36F3N3O3S/c1-24(2,3)21-15-32(14-18-9-8-12-34-18)23(36-21)30-22(33)19-13-17(26(27,28)29)10-11-20(19)35-16-25(4,5)31(6)7/h10-11,13,15,18H,8-9,12,14,16H2,1-7H3/b30-23-/t18-/m1/s1. The van der Waals surface area contributed by atoms with Crippen molar-refractivity contribution in [1.29, 1.82) is 0 Å². The molecule has 36 heavy (non-hydrogen) atoms. The minimum absolute atomic E-state index is 0.0159. The first-order valence-corrected chi connectivity index (χ1v) is 12.8. The van der Waals surface area contributed by atoms with Gasteiger partial charge in [-0.1, -0.05) is 20.8 Å². The minimum atomic E-state index is -4.60. The van der Waals surface area contributed by atoms with E-state index in [-0.39, 0.29) is 29.4 Å². The van der Waals surface area contributed by atoms with E-state index in [9.17, 15) is 18.0 Å². The van der Waals surface area contributed by atoms with Gasteiger partial charge in [0.25, 0.3) is 5.91 Å². The molecule has 2 aromatic rings. The number of benzene rings is 1. The highest BCUT2D eigenvalue weighted by Gasteiger charge is 2.33. The number of likely N-dealkylation sites (N-methyl/N-ethyl adjacent to an activating group) is 1. The van der Waals surface area contributed by atoms with Crippen LogP contribution in [-0.2, 0) is 22.9 Å². The highest BCUT2D eigenvalue weighted by molar-refractivity contribution is 7.09. The molecule has 0 bridgehead atoms. The normalized spacial score (nSPS) is 17.8. The monoisotopic (exact) mass is 527 g/mol. The van der Waals surface area contributed by atoms with Crippen LogP contribution in [0.4, 0.5) is 13.2 Å². The molecule has 1 fully saturated rings. The molecule has 0 spiro atoms. The fraction of sp³-hybridized carbons (Fsp3) is 0.615. The molecule has 1 atom stereocenters. The molecule has 0 radical (unpaired) electrons. The predicted molar refractivity (Wildman–Crippen MR) is 135 cm³/mol. The first kappa shape index (κ1) is 28.4. The second-order valence-corrected chi connectivity index (χ2v) is 12.0. The topological polar surface area (TPSA) is 56.1 Å². The van der Waals surface area contributed by atoms with Crippen molar-refractivity contribution in [2.75, 3.05) is 27.3 Å². The molecule has 2 heterocycles. The quantitative estimate of drug-likeness (QED) is 0.477. The average molecular weight is 528 g/mol. The lowest BCUT2D eigenvalue weighted by Crippen LogP contribution is -2.43. The molecule has 3 rings (SSSR count). The third-order valence-electron chi connectivity index (χ3n) is 6.41. The van der Waals surface area contributed by atoms with E-state index in [4.69, 9.17) is 9.47 Å². The lowest BCUT2D eigenvalue weighted by molar-refractivity contribution is -0.137. The summed E-state index contributed by atoms with van der Waals surface area (Å²) < 4.78 is 54.0. The molecular formula is C26H36F3N3O3S. The Morgan fingerprint density at radius 3 is 2.47 bits per heavy atom. The molecule has 0 N–H and O–H groups in total. The zero-order valence-corrected chi connectivity index (χ0v) is 22.8. The molecule has 1 aromatic heterocycles. The maximum absolute atomic E-state index is 13.5. The molecule has 1 aliphatic heterocycles. The van der Waals surface area contributed by atoms with E-state index in [1.807, 2.05) is 43.6 Å². The number of nitrogens with zero attached hydrogens (tertiary/aromatic N) is 3. The van der Waals surface area contributed by atoms with Gasteiger partial charge in [0.2, 0.25) is 0 Å². The Balaban J connectivity index is 2.04. The summed E-state index contributed by atoms with van der Waals surface area (Å²) in [6, 6.07) is 2.95. The number of ether oxygens (including phenoxy) is 2. The third-order valence-corrected chi connectivity index (χ3v) is 7.86. The molecule has 10 heteroatoms. The summed E-state index contributed by atoms with van der Waals surface area (Å²) in [7, 11) is 3.77. The van der Waals surface area contributed by atoms with E-state index in [2.05, 4.69) is 25.8 Å². The van der Waals surface area contributed by atoms with Gasteiger partial charge in [-0.2, -0.15) is 18.2 Å². The third kappa shape index (κ3) is 6.98. The number of carbonyl (C=O) groups is 1. The van der Waals surface area contributed by atoms with E-state index in [1.165, 1.54) is 17.4 Å². The number of carbonyl (C=O) groups excluding carboxylic acids is 1. The summed E-state index contributed by atoms with van der Waals surface area (Å²) in [6.07, 6.45) is -0.738. The summed E-state index contributed by atoms with van der Waals surface area (Å²) >= 11 is 1.36. The molecule has 0 aliphatic carbocycles. The van der Waals surface area contributed by atoms with Crippen LogP contribution in [0.25, 0.3) is 0 Å². The number of aromatic nitrogens is 1. The second-order valence-electron chi connectivity index (χ2n) is 11.0. The molecule has 1 saturated heterocycles. The number of rotatable bonds is 7. The number of amides is 1.